The van der Waals surface area contributed by atoms with Gasteiger partial charge in [-0.3, -0.25) is 4.79 Å². The number of hydrogen-bond acceptors (Lipinski definition) is 4. The Morgan fingerprint density at radius 1 is 1.09 bits per heavy atom. The number of rotatable bonds is 1. The van der Waals surface area contributed by atoms with E-state index in [4.69, 9.17) is 0 Å². The van der Waals surface area contributed by atoms with Crippen LogP contribution >= 0.6 is 11.8 Å². The number of fused-ring (bicyclic) bond motifs is 3. The molecule has 2 aromatic carbocycles. The molecule has 4 rings (SSSR count). The second-order valence-corrected chi connectivity index (χ2v) is 6.37. The highest BCUT2D eigenvalue weighted by atomic mass is 32.2. The summed E-state index contributed by atoms with van der Waals surface area (Å²) >= 11 is 1.26. The minimum absolute atomic E-state index is 0.321. The summed E-state index contributed by atoms with van der Waals surface area (Å²) in [4.78, 5) is 12.1. The van der Waals surface area contributed by atoms with Crippen LogP contribution in [0.2, 0.25) is 0 Å². The Labute approximate surface area is 133 Å². The van der Waals surface area contributed by atoms with E-state index >= 15 is 0 Å². The van der Waals surface area contributed by atoms with Crippen LogP contribution in [-0.2, 0) is 9.67 Å². The van der Waals surface area contributed by atoms with Crippen molar-refractivity contribution in [3.8, 4) is 5.75 Å². The first kappa shape index (κ1) is 14.3. The molecule has 0 aromatic heterocycles. The van der Waals surface area contributed by atoms with Crippen LogP contribution in [0.5, 0.6) is 5.75 Å². The molecule has 2 aromatic rings. The molecule has 1 unspecified atom stereocenters. The number of nitrogens with one attached hydrogen (secondary N) is 2. The van der Waals surface area contributed by atoms with Gasteiger partial charge in [0.05, 0.1) is 0 Å². The van der Waals surface area contributed by atoms with Gasteiger partial charge in [0.15, 0.2) is 4.87 Å². The summed E-state index contributed by atoms with van der Waals surface area (Å²) in [6.07, 6.45) is -4.78. The minimum Gasteiger partial charge on any atom is -0.406 e. The Kier molecular flexibility index (Phi) is 2.84. The zero-order chi connectivity index (χ0) is 16.2. The second kappa shape index (κ2) is 4.58. The highest BCUT2D eigenvalue weighted by molar-refractivity contribution is 8.01. The number of thioether (sulfide) groups is 1. The highest BCUT2D eigenvalue weighted by Crippen LogP contribution is 2.56. The molecule has 0 bridgehead atoms. The Balaban J connectivity index is 1.78. The fourth-order valence-electron chi connectivity index (χ4n) is 2.72. The van der Waals surface area contributed by atoms with E-state index in [9.17, 15) is 18.0 Å². The van der Waals surface area contributed by atoms with E-state index < -0.39 is 11.2 Å². The van der Waals surface area contributed by atoms with E-state index in [-0.39, 0.29) is 11.7 Å². The van der Waals surface area contributed by atoms with E-state index in [1.54, 1.807) is 0 Å². The van der Waals surface area contributed by atoms with E-state index in [1.807, 2.05) is 24.3 Å². The third kappa shape index (κ3) is 2.21. The van der Waals surface area contributed by atoms with Crippen molar-refractivity contribution in [3.63, 3.8) is 0 Å². The number of benzene rings is 2. The summed E-state index contributed by atoms with van der Waals surface area (Å²) in [6.45, 7) is 0. The molecule has 0 radical (unpaired) electrons. The van der Waals surface area contributed by atoms with Gasteiger partial charge in [-0.2, -0.15) is 0 Å². The predicted molar refractivity (Wildman–Crippen MR) is 79.4 cm³/mol. The molecule has 0 saturated carbocycles. The molecule has 1 atom stereocenters. The van der Waals surface area contributed by atoms with Crippen LogP contribution in [0, 0.1) is 0 Å². The van der Waals surface area contributed by atoms with Crippen molar-refractivity contribution in [2.75, 3.05) is 10.6 Å². The molecule has 1 amide bonds. The average Bonchev–Trinajstić information content (AvgIpc) is 2.98. The van der Waals surface area contributed by atoms with Gasteiger partial charge in [-0.1, -0.05) is 23.9 Å². The van der Waals surface area contributed by atoms with Gasteiger partial charge in [-0.25, -0.2) is 0 Å². The quantitative estimate of drug-likeness (QED) is 0.828. The fraction of sp³-hybridized carbons (Fsp3) is 0.133. The van der Waals surface area contributed by atoms with Crippen molar-refractivity contribution in [1.82, 2.24) is 0 Å². The van der Waals surface area contributed by atoms with Crippen LogP contribution in [0.3, 0.4) is 0 Å². The number of amides is 1. The largest absolute Gasteiger partial charge is 0.573 e. The molecule has 2 aliphatic rings. The number of anilines is 2. The highest BCUT2D eigenvalue weighted by Gasteiger charge is 2.52. The van der Waals surface area contributed by atoms with E-state index in [0.717, 1.165) is 10.6 Å². The van der Waals surface area contributed by atoms with Crippen LogP contribution in [0.15, 0.2) is 47.4 Å². The lowest BCUT2D eigenvalue weighted by Gasteiger charge is -2.22. The first-order valence-electron chi connectivity index (χ1n) is 6.65. The first-order chi connectivity index (χ1) is 10.9. The van der Waals surface area contributed by atoms with Gasteiger partial charge in [-0.05, 0) is 30.3 Å². The zero-order valence-corrected chi connectivity index (χ0v) is 12.2. The topological polar surface area (TPSA) is 50.4 Å². The van der Waals surface area contributed by atoms with E-state index in [0.29, 0.717) is 11.3 Å². The SMILES string of the molecule is O=C1Nc2ccc(OC(F)(F)F)cc2C12Nc1ccccc1S2. The predicted octanol–water partition coefficient (Wildman–Crippen LogP) is 3.91. The van der Waals surface area contributed by atoms with Gasteiger partial charge in [0.2, 0.25) is 0 Å². The van der Waals surface area contributed by atoms with Crippen LogP contribution < -0.4 is 15.4 Å². The monoisotopic (exact) mass is 338 g/mol. The fourth-order valence-corrected chi connectivity index (χ4v) is 4.01. The lowest BCUT2D eigenvalue weighted by molar-refractivity contribution is -0.274. The Bertz CT molecular complexity index is 798. The summed E-state index contributed by atoms with van der Waals surface area (Å²) in [6, 6.07) is 11.2. The maximum Gasteiger partial charge on any atom is 0.573 e. The Morgan fingerprint density at radius 3 is 2.61 bits per heavy atom. The summed E-state index contributed by atoms with van der Waals surface area (Å²) < 4.78 is 41.2. The van der Waals surface area contributed by atoms with E-state index in [2.05, 4.69) is 15.4 Å². The van der Waals surface area contributed by atoms with Crippen molar-refractivity contribution >= 4 is 29.0 Å². The lowest BCUT2D eigenvalue weighted by atomic mass is 10.1. The van der Waals surface area contributed by atoms with Gasteiger partial charge in [0, 0.05) is 21.8 Å². The van der Waals surface area contributed by atoms with Crippen molar-refractivity contribution in [1.29, 1.82) is 0 Å². The van der Waals surface area contributed by atoms with Crippen LogP contribution in [-0.4, -0.2) is 12.3 Å². The summed E-state index contributed by atoms with van der Waals surface area (Å²) in [7, 11) is 0. The zero-order valence-electron chi connectivity index (χ0n) is 11.4. The number of carbonyl (C=O) groups excluding carboxylic acids is 1. The van der Waals surface area contributed by atoms with Crippen molar-refractivity contribution in [3.05, 3.63) is 48.0 Å². The number of hydrogen-bond donors (Lipinski definition) is 2. The maximum atomic E-state index is 12.5. The molecular formula is C15H9F3N2O2S. The minimum atomic E-state index is -4.78. The molecule has 0 aliphatic carbocycles. The molecule has 2 aliphatic heterocycles. The second-order valence-electron chi connectivity index (χ2n) is 5.11. The smallest absolute Gasteiger partial charge is 0.406 e. The molecule has 1 spiro atoms. The van der Waals surface area contributed by atoms with E-state index in [1.165, 1.54) is 30.0 Å². The molecule has 118 valence electrons. The molecule has 8 heteroatoms. The standard InChI is InChI=1S/C15H9F3N2O2S/c16-15(17,18)22-8-5-6-10-9(7-8)14(13(21)19-10)20-11-3-1-2-4-12(11)23-14/h1-7,20H,(H,19,21). The molecule has 2 N–H and O–H groups in total. The maximum absolute atomic E-state index is 12.5. The van der Waals surface area contributed by atoms with Crippen molar-refractivity contribution in [2.45, 2.75) is 16.1 Å². The summed E-state index contributed by atoms with van der Waals surface area (Å²) in [5.41, 5.74) is 1.66. The Hall–Kier alpha value is -2.35. The molecule has 4 nitrogen and oxygen atoms in total. The number of alkyl halides is 3. The molecule has 2 heterocycles. The van der Waals surface area contributed by atoms with Gasteiger partial charge in [0.1, 0.15) is 5.75 Å². The molecule has 0 saturated heterocycles. The molecule has 0 fully saturated rings. The third-order valence-corrected chi connectivity index (χ3v) is 5.02. The molecule has 23 heavy (non-hydrogen) atoms. The van der Waals surface area contributed by atoms with Gasteiger partial charge in [0.25, 0.3) is 5.91 Å². The van der Waals surface area contributed by atoms with Crippen molar-refractivity contribution < 1.29 is 22.7 Å². The Morgan fingerprint density at radius 2 is 1.87 bits per heavy atom. The first-order valence-corrected chi connectivity index (χ1v) is 7.47. The lowest BCUT2D eigenvalue weighted by Crippen LogP contribution is -2.36. The summed E-state index contributed by atoms with van der Waals surface area (Å²) in [5.74, 6) is -0.677. The average molecular weight is 338 g/mol. The van der Waals surface area contributed by atoms with Gasteiger partial charge in [-0.15, -0.1) is 13.2 Å². The summed E-state index contributed by atoms with van der Waals surface area (Å²) in [5, 5.41) is 5.82. The normalized spacial score (nSPS) is 21.6. The van der Waals surface area contributed by atoms with Gasteiger partial charge < -0.3 is 15.4 Å². The van der Waals surface area contributed by atoms with Crippen LogP contribution in [0.4, 0.5) is 24.5 Å². The molecular weight excluding hydrogens is 329 g/mol. The van der Waals surface area contributed by atoms with Crippen LogP contribution in [0.25, 0.3) is 0 Å². The van der Waals surface area contributed by atoms with Crippen molar-refractivity contribution in [2.24, 2.45) is 0 Å². The van der Waals surface area contributed by atoms with Crippen LogP contribution in [0.1, 0.15) is 5.56 Å². The number of ether oxygens (including phenoxy) is 1. The van der Waals surface area contributed by atoms with Gasteiger partial charge >= 0.3 is 6.36 Å². The third-order valence-electron chi connectivity index (χ3n) is 3.63. The number of para-hydroxylation sites is 1. The number of halogens is 3. The number of carbonyl (C=O) groups is 1.